The van der Waals surface area contributed by atoms with Crippen LogP contribution in [0.25, 0.3) is 22.2 Å². The molecule has 5 nitrogen and oxygen atoms in total. The van der Waals surface area contributed by atoms with Crippen LogP contribution in [-0.4, -0.2) is 26.4 Å². The van der Waals surface area contributed by atoms with Crippen molar-refractivity contribution in [2.45, 2.75) is 38.4 Å². The van der Waals surface area contributed by atoms with Gasteiger partial charge >= 0.3 is 0 Å². The molecule has 0 saturated heterocycles. The normalized spacial score (nSPS) is 12.5. The fraction of sp³-hybridized carbons (Fsp3) is 0.240. The van der Waals surface area contributed by atoms with Crippen molar-refractivity contribution in [2.24, 2.45) is 0 Å². The van der Waals surface area contributed by atoms with E-state index in [9.17, 15) is 4.79 Å². The number of anilines is 1. The standard InChI is InChI=1S/C25H24N4OS/c1-3-29-24(19-9-5-4-7-16(19)2)27-28-25(29)31-15-22(30)26-21-14-13-18-12-11-17-8-6-10-20(21)23(17)18/h4-10,13-14H,3,11-12,15H2,1-2H3,(H,26,30). The van der Waals surface area contributed by atoms with Crippen LogP contribution in [0.5, 0.6) is 0 Å². The van der Waals surface area contributed by atoms with Gasteiger partial charge in [-0.2, -0.15) is 0 Å². The van der Waals surface area contributed by atoms with Crippen LogP contribution in [0, 0.1) is 6.92 Å². The van der Waals surface area contributed by atoms with Gasteiger partial charge in [0, 0.05) is 23.2 Å². The summed E-state index contributed by atoms with van der Waals surface area (Å²) >= 11 is 1.42. The number of hydrogen-bond acceptors (Lipinski definition) is 4. The SMILES string of the molecule is CCn1c(SCC(=O)Nc2ccc3c4c(cccc24)CC3)nnc1-c1ccccc1C. The fourth-order valence-corrected chi connectivity index (χ4v) is 5.18. The molecule has 1 amide bonds. The minimum absolute atomic E-state index is 0.0354. The maximum absolute atomic E-state index is 12.8. The molecule has 0 unspecified atom stereocenters. The molecule has 1 aromatic heterocycles. The second kappa shape index (κ2) is 8.19. The number of nitrogens with one attached hydrogen (secondary N) is 1. The number of carbonyl (C=O) groups excluding carboxylic acids is 1. The Labute approximate surface area is 185 Å². The van der Waals surface area contributed by atoms with Gasteiger partial charge in [0.25, 0.3) is 0 Å². The van der Waals surface area contributed by atoms with Crippen molar-refractivity contribution >= 4 is 34.1 Å². The van der Waals surface area contributed by atoms with E-state index in [-0.39, 0.29) is 11.7 Å². The summed E-state index contributed by atoms with van der Waals surface area (Å²) in [6.45, 7) is 4.89. The number of rotatable bonds is 6. The molecule has 0 radical (unpaired) electrons. The summed E-state index contributed by atoms with van der Waals surface area (Å²) in [6, 6.07) is 18.7. The molecular weight excluding hydrogens is 404 g/mol. The minimum atomic E-state index is -0.0354. The summed E-state index contributed by atoms with van der Waals surface area (Å²) in [4.78, 5) is 12.8. The van der Waals surface area contributed by atoms with Crippen molar-refractivity contribution in [2.75, 3.05) is 11.1 Å². The molecule has 31 heavy (non-hydrogen) atoms. The van der Waals surface area contributed by atoms with Gasteiger partial charge in [0.05, 0.1) is 5.75 Å². The van der Waals surface area contributed by atoms with Crippen molar-refractivity contribution in [1.29, 1.82) is 0 Å². The molecule has 1 N–H and O–H groups in total. The number of amides is 1. The van der Waals surface area contributed by atoms with Gasteiger partial charge in [-0.05, 0) is 54.8 Å². The molecule has 156 valence electrons. The van der Waals surface area contributed by atoms with Crippen LogP contribution in [0.15, 0.2) is 59.8 Å². The Bertz CT molecular complexity index is 1280. The molecule has 0 spiro atoms. The molecule has 1 aliphatic rings. The van der Waals surface area contributed by atoms with Crippen molar-refractivity contribution in [1.82, 2.24) is 14.8 Å². The predicted molar refractivity (Wildman–Crippen MR) is 127 cm³/mol. The van der Waals surface area contributed by atoms with Gasteiger partial charge in [-0.25, -0.2) is 0 Å². The van der Waals surface area contributed by atoms with E-state index >= 15 is 0 Å². The molecule has 3 aromatic carbocycles. The Morgan fingerprint density at radius 2 is 1.84 bits per heavy atom. The molecule has 1 aliphatic carbocycles. The quantitative estimate of drug-likeness (QED) is 0.426. The lowest BCUT2D eigenvalue weighted by atomic mass is 10.0. The predicted octanol–water partition coefficient (Wildman–Crippen LogP) is 5.26. The third-order valence-electron chi connectivity index (χ3n) is 5.90. The average Bonchev–Trinajstić information content (AvgIpc) is 3.39. The van der Waals surface area contributed by atoms with Crippen molar-refractivity contribution < 1.29 is 4.79 Å². The Kier molecular flexibility index (Phi) is 5.24. The van der Waals surface area contributed by atoms with E-state index in [1.807, 2.05) is 18.2 Å². The second-order valence-electron chi connectivity index (χ2n) is 7.81. The van der Waals surface area contributed by atoms with Crippen molar-refractivity contribution in [3.63, 3.8) is 0 Å². The number of carbonyl (C=O) groups is 1. The van der Waals surface area contributed by atoms with Crippen molar-refractivity contribution in [3.05, 3.63) is 71.3 Å². The molecule has 0 fully saturated rings. The van der Waals surface area contributed by atoms with Gasteiger partial charge in [0.15, 0.2) is 11.0 Å². The van der Waals surface area contributed by atoms with E-state index in [2.05, 4.69) is 70.3 Å². The largest absolute Gasteiger partial charge is 0.325 e. The summed E-state index contributed by atoms with van der Waals surface area (Å²) < 4.78 is 2.07. The van der Waals surface area contributed by atoms with Gasteiger partial charge in [-0.1, -0.05) is 60.3 Å². The van der Waals surface area contributed by atoms with E-state index in [1.54, 1.807) is 0 Å². The first-order valence-electron chi connectivity index (χ1n) is 10.6. The highest BCUT2D eigenvalue weighted by Gasteiger charge is 2.18. The monoisotopic (exact) mass is 428 g/mol. The van der Waals surface area contributed by atoms with E-state index in [0.717, 1.165) is 52.6 Å². The van der Waals surface area contributed by atoms with E-state index in [4.69, 9.17) is 0 Å². The Morgan fingerprint density at radius 3 is 2.65 bits per heavy atom. The molecular formula is C25H24N4OS. The first-order chi connectivity index (χ1) is 15.2. The molecule has 6 heteroatoms. The highest BCUT2D eigenvalue weighted by molar-refractivity contribution is 7.99. The number of thioether (sulfide) groups is 1. The third kappa shape index (κ3) is 3.61. The maximum atomic E-state index is 12.8. The molecule has 0 bridgehead atoms. The zero-order valence-electron chi connectivity index (χ0n) is 17.7. The lowest BCUT2D eigenvalue weighted by Gasteiger charge is -2.11. The smallest absolute Gasteiger partial charge is 0.234 e. The van der Waals surface area contributed by atoms with E-state index in [0.29, 0.717) is 0 Å². The zero-order chi connectivity index (χ0) is 21.4. The molecule has 1 heterocycles. The number of nitrogens with zero attached hydrogens (tertiary/aromatic N) is 3. The van der Waals surface area contributed by atoms with Crippen LogP contribution < -0.4 is 5.32 Å². The number of aromatic nitrogens is 3. The Morgan fingerprint density at radius 1 is 1.03 bits per heavy atom. The number of benzene rings is 3. The number of aryl methyl sites for hydroxylation is 3. The van der Waals surface area contributed by atoms with E-state index < -0.39 is 0 Å². The minimum Gasteiger partial charge on any atom is -0.325 e. The topological polar surface area (TPSA) is 59.8 Å². The fourth-order valence-electron chi connectivity index (χ4n) is 4.38. The lowest BCUT2D eigenvalue weighted by molar-refractivity contribution is -0.113. The highest BCUT2D eigenvalue weighted by atomic mass is 32.2. The average molecular weight is 429 g/mol. The first-order valence-corrected chi connectivity index (χ1v) is 11.6. The summed E-state index contributed by atoms with van der Waals surface area (Å²) in [5.41, 5.74) is 5.85. The summed E-state index contributed by atoms with van der Waals surface area (Å²) in [5, 5.41) is 15.1. The maximum Gasteiger partial charge on any atom is 0.234 e. The Balaban J connectivity index is 1.33. The summed E-state index contributed by atoms with van der Waals surface area (Å²) in [6.07, 6.45) is 2.16. The summed E-state index contributed by atoms with van der Waals surface area (Å²) in [5.74, 6) is 1.09. The molecule has 0 saturated carbocycles. The van der Waals surface area contributed by atoms with Gasteiger partial charge in [0.2, 0.25) is 5.91 Å². The van der Waals surface area contributed by atoms with Crippen LogP contribution in [0.3, 0.4) is 0 Å². The molecule has 0 aliphatic heterocycles. The lowest BCUT2D eigenvalue weighted by Crippen LogP contribution is -2.15. The second-order valence-corrected chi connectivity index (χ2v) is 8.76. The van der Waals surface area contributed by atoms with E-state index in [1.165, 1.54) is 28.3 Å². The zero-order valence-corrected chi connectivity index (χ0v) is 18.5. The number of hydrogen-bond donors (Lipinski definition) is 1. The summed E-state index contributed by atoms with van der Waals surface area (Å²) in [7, 11) is 0. The van der Waals surface area contributed by atoms with Crippen LogP contribution >= 0.6 is 11.8 Å². The third-order valence-corrected chi connectivity index (χ3v) is 6.87. The van der Waals surface area contributed by atoms with Crippen molar-refractivity contribution in [3.8, 4) is 11.4 Å². The molecule has 0 atom stereocenters. The van der Waals surface area contributed by atoms with Crippen LogP contribution in [-0.2, 0) is 24.2 Å². The first kappa shape index (κ1) is 19.8. The molecule has 5 rings (SSSR count). The Hall–Kier alpha value is -3.12. The van der Waals surface area contributed by atoms with Crippen LogP contribution in [0.2, 0.25) is 0 Å². The van der Waals surface area contributed by atoms with Gasteiger partial charge in [-0.15, -0.1) is 10.2 Å². The van der Waals surface area contributed by atoms with Crippen LogP contribution in [0.1, 0.15) is 23.6 Å². The van der Waals surface area contributed by atoms with Gasteiger partial charge < -0.3 is 9.88 Å². The van der Waals surface area contributed by atoms with Gasteiger partial charge in [0.1, 0.15) is 0 Å². The van der Waals surface area contributed by atoms with Crippen LogP contribution in [0.4, 0.5) is 5.69 Å². The highest BCUT2D eigenvalue weighted by Crippen LogP contribution is 2.35. The molecule has 4 aromatic rings. The van der Waals surface area contributed by atoms with Gasteiger partial charge in [-0.3, -0.25) is 4.79 Å².